The minimum absolute atomic E-state index is 0.264. The Kier molecular flexibility index (Phi) is 3.44. The fraction of sp³-hybridized carbons (Fsp3) is 0.667. The van der Waals surface area contributed by atoms with Crippen molar-refractivity contribution in [1.82, 2.24) is 5.32 Å². The van der Waals surface area contributed by atoms with Crippen LogP contribution in [0.3, 0.4) is 0 Å². The monoisotopic (exact) mass is 225 g/mol. The first-order chi connectivity index (χ1) is 7.24. The lowest BCUT2D eigenvalue weighted by Gasteiger charge is -2.31. The van der Waals surface area contributed by atoms with Crippen molar-refractivity contribution in [2.75, 3.05) is 20.2 Å². The van der Waals surface area contributed by atoms with Crippen molar-refractivity contribution in [2.45, 2.75) is 25.9 Å². The van der Waals surface area contributed by atoms with E-state index in [0.717, 1.165) is 13.2 Å². The molecule has 2 heterocycles. The summed E-state index contributed by atoms with van der Waals surface area (Å²) >= 11 is 1.83. The molecule has 0 saturated heterocycles. The number of hydrogen-bond donors (Lipinski definition) is 1. The highest BCUT2D eigenvalue weighted by atomic mass is 32.1. The third-order valence-electron chi connectivity index (χ3n) is 3.09. The fourth-order valence-corrected chi connectivity index (χ4v) is 3.19. The third kappa shape index (κ3) is 2.10. The van der Waals surface area contributed by atoms with E-state index in [-0.39, 0.29) is 6.10 Å². The van der Waals surface area contributed by atoms with Crippen molar-refractivity contribution in [3.63, 3.8) is 0 Å². The zero-order valence-corrected chi connectivity index (χ0v) is 10.4. The zero-order chi connectivity index (χ0) is 10.8. The standard InChI is InChI=1S/C12H19NOS/c1-8(2)10-7-14-11(6-13-3)12-9(10)4-5-15-12/h4-5,8,10-11,13H,6-7H2,1-3H3. The Balaban J connectivity index is 2.24. The molecule has 2 atom stereocenters. The highest BCUT2D eigenvalue weighted by molar-refractivity contribution is 7.10. The average Bonchev–Trinajstić information content (AvgIpc) is 2.66. The van der Waals surface area contributed by atoms with Gasteiger partial charge in [-0.05, 0) is 30.0 Å². The number of fused-ring (bicyclic) bond motifs is 1. The molecular formula is C12H19NOS. The molecule has 3 heteroatoms. The fourth-order valence-electron chi connectivity index (χ4n) is 2.17. The lowest BCUT2D eigenvalue weighted by Crippen LogP contribution is -2.28. The largest absolute Gasteiger partial charge is 0.371 e. The quantitative estimate of drug-likeness (QED) is 0.854. The van der Waals surface area contributed by atoms with Crippen LogP contribution in [0.4, 0.5) is 0 Å². The van der Waals surface area contributed by atoms with Crippen molar-refractivity contribution < 1.29 is 4.74 Å². The Labute approximate surface area is 95.6 Å². The Bertz CT molecular complexity index is 321. The van der Waals surface area contributed by atoms with E-state index in [9.17, 15) is 0 Å². The third-order valence-corrected chi connectivity index (χ3v) is 4.11. The molecule has 0 radical (unpaired) electrons. The first-order valence-corrected chi connectivity index (χ1v) is 6.45. The molecular weight excluding hydrogens is 206 g/mol. The molecule has 84 valence electrons. The summed E-state index contributed by atoms with van der Waals surface area (Å²) in [6.07, 6.45) is 0.264. The molecule has 2 nitrogen and oxygen atoms in total. The van der Waals surface area contributed by atoms with Gasteiger partial charge in [0, 0.05) is 17.3 Å². The van der Waals surface area contributed by atoms with E-state index >= 15 is 0 Å². The second-order valence-electron chi connectivity index (χ2n) is 4.47. The van der Waals surface area contributed by atoms with Crippen molar-refractivity contribution in [1.29, 1.82) is 0 Å². The molecule has 1 aliphatic rings. The van der Waals surface area contributed by atoms with E-state index in [2.05, 4.69) is 30.6 Å². The van der Waals surface area contributed by atoms with Crippen LogP contribution >= 0.6 is 11.3 Å². The molecule has 2 rings (SSSR count). The highest BCUT2D eigenvalue weighted by Crippen LogP contribution is 2.40. The van der Waals surface area contributed by atoms with Crippen molar-refractivity contribution in [3.05, 3.63) is 21.9 Å². The number of ether oxygens (including phenoxy) is 1. The number of thiophene rings is 1. The SMILES string of the molecule is CNCC1OCC(C(C)C)c2ccsc21. The molecule has 1 aromatic heterocycles. The van der Waals surface area contributed by atoms with E-state index in [1.807, 2.05) is 18.4 Å². The van der Waals surface area contributed by atoms with Gasteiger partial charge in [-0.2, -0.15) is 0 Å². The summed E-state index contributed by atoms with van der Waals surface area (Å²) in [6, 6.07) is 2.27. The van der Waals surface area contributed by atoms with Crippen molar-refractivity contribution in [2.24, 2.45) is 5.92 Å². The van der Waals surface area contributed by atoms with Crippen LogP contribution in [0.15, 0.2) is 11.4 Å². The topological polar surface area (TPSA) is 21.3 Å². The Morgan fingerprint density at radius 2 is 2.40 bits per heavy atom. The zero-order valence-electron chi connectivity index (χ0n) is 9.62. The Hall–Kier alpha value is -0.380. The van der Waals surface area contributed by atoms with Gasteiger partial charge in [-0.25, -0.2) is 0 Å². The number of hydrogen-bond acceptors (Lipinski definition) is 3. The van der Waals surface area contributed by atoms with Gasteiger partial charge in [0.1, 0.15) is 6.10 Å². The van der Waals surface area contributed by atoms with Gasteiger partial charge in [-0.15, -0.1) is 11.3 Å². The Morgan fingerprint density at radius 1 is 1.60 bits per heavy atom. The Morgan fingerprint density at radius 3 is 3.07 bits per heavy atom. The second-order valence-corrected chi connectivity index (χ2v) is 5.42. The van der Waals surface area contributed by atoms with Crippen LogP contribution in [0.1, 0.15) is 36.3 Å². The van der Waals surface area contributed by atoms with Gasteiger partial charge in [0.25, 0.3) is 0 Å². The molecule has 0 saturated carbocycles. The summed E-state index contributed by atoms with van der Waals surface area (Å²) in [7, 11) is 1.98. The first kappa shape index (κ1) is 11.1. The van der Waals surface area contributed by atoms with Crippen LogP contribution in [0, 0.1) is 5.92 Å². The highest BCUT2D eigenvalue weighted by Gasteiger charge is 2.30. The summed E-state index contributed by atoms with van der Waals surface area (Å²) in [4.78, 5) is 1.43. The van der Waals surface area contributed by atoms with E-state index in [0.29, 0.717) is 11.8 Å². The smallest absolute Gasteiger partial charge is 0.104 e. The summed E-state index contributed by atoms with van der Waals surface area (Å²) in [5, 5.41) is 5.39. The predicted molar refractivity (Wildman–Crippen MR) is 64.5 cm³/mol. The van der Waals surface area contributed by atoms with E-state index in [1.165, 1.54) is 10.4 Å². The molecule has 2 unspecified atom stereocenters. The van der Waals surface area contributed by atoms with Crippen LogP contribution in [0.5, 0.6) is 0 Å². The van der Waals surface area contributed by atoms with Crippen LogP contribution < -0.4 is 5.32 Å². The van der Waals surface area contributed by atoms with Crippen LogP contribution in [0.2, 0.25) is 0 Å². The molecule has 1 N–H and O–H groups in total. The average molecular weight is 225 g/mol. The predicted octanol–water partition coefficient (Wildman–Crippen LogP) is 2.78. The van der Waals surface area contributed by atoms with E-state index in [4.69, 9.17) is 4.74 Å². The molecule has 0 fully saturated rings. The van der Waals surface area contributed by atoms with Crippen LogP contribution in [-0.2, 0) is 4.74 Å². The lowest BCUT2D eigenvalue weighted by molar-refractivity contribution is 0.0238. The molecule has 1 aliphatic heterocycles. The molecule has 0 aromatic carbocycles. The van der Waals surface area contributed by atoms with Gasteiger partial charge in [0.05, 0.1) is 6.61 Å². The van der Waals surface area contributed by atoms with Crippen molar-refractivity contribution >= 4 is 11.3 Å². The molecule has 0 amide bonds. The van der Waals surface area contributed by atoms with E-state index in [1.54, 1.807) is 0 Å². The molecule has 0 aliphatic carbocycles. The van der Waals surface area contributed by atoms with E-state index < -0.39 is 0 Å². The maximum Gasteiger partial charge on any atom is 0.104 e. The summed E-state index contributed by atoms with van der Waals surface area (Å²) < 4.78 is 5.92. The molecule has 1 aromatic rings. The van der Waals surface area contributed by atoms with Gasteiger partial charge < -0.3 is 10.1 Å². The maximum absolute atomic E-state index is 5.92. The normalized spacial score (nSPS) is 25.6. The summed E-state index contributed by atoms with van der Waals surface area (Å²) in [5.74, 6) is 1.24. The summed E-state index contributed by atoms with van der Waals surface area (Å²) in [5.41, 5.74) is 1.52. The van der Waals surface area contributed by atoms with Crippen LogP contribution in [-0.4, -0.2) is 20.2 Å². The summed E-state index contributed by atoms with van der Waals surface area (Å²) in [6.45, 7) is 6.33. The molecule has 0 spiro atoms. The molecule has 0 bridgehead atoms. The van der Waals surface area contributed by atoms with Crippen molar-refractivity contribution in [3.8, 4) is 0 Å². The lowest BCUT2D eigenvalue weighted by atomic mass is 9.87. The van der Waals surface area contributed by atoms with Gasteiger partial charge >= 0.3 is 0 Å². The maximum atomic E-state index is 5.92. The minimum Gasteiger partial charge on any atom is -0.371 e. The number of nitrogens with one attached hydrogen (secondary N) is 1. The first-order valence-electron chi connectivity index (χ1n) is 5.57. The number of rotatable bonds is 3. The minimum atomic E-state index is 0.264. The van der Waals surface area contributed by atoms with Gasteiger partial charge in [0.15, 0.2) is 0 Å². The van der Waals surface area contributed by atoms with Crippen LogP contribution in [0.25, 0.3) is 0 Å². The molecule has 15 heavy (non-hydrogen) atoms. The van der Waals surface area contributed by atoms with Gasteiger partial charge in [-0.3, -0.25) is 0 Å². The second kappa shape index (κ2) is 4.64. The van der Waals surface area contributed by atoms with Gasteiger partial charge in [0.2, 0.25) is 0 Å². The van der Waals surface area contributed by atoms with Gasteiger partial charge in [-0.1, -0.05) is 13.8 Å². The number of likely N-dealkylation sites (N-methyl/N-ethyl adjacent to an activating group) is 1.